The molecule has 0 atom stereocenters. The molecule has 0 bridgehead atoms. The molecule has 0 nitrogen and oxygen atoms in total. The van der Waals surface area contributed by atoms with Crippen LogP contribution in [0.15, 0.2) is 55.1 Å². The first-order valence-corrected chi connectivity index (χ1v) is 9.99. The number of benzene rings is 2. The van der Waals surface area contributed by atoms with Crippen LogP contribution >= 0.6 is 0 Å². The second kappa shape index (κ2) is 11.9. The summed E-state index contributed by atoms with van der Waals surface area (Å²) in [6.07, 6.45) is 18.4. The molecular formula is C24H34. The summed E-state index contributed by atoms with van der Waals surface area (Å²) in [6.45, 7) is 3.78. The summed E-state index contributed by atoms with van der Waals surface area (Å²) in [5.74, 6) is 0. The van der Waals surface area contributed by atoms with Crippen LogP contribution < -0.4 is 0 Å². The summed E-state index contributed by atoms with van der Waals surface area (Å²) >= 11 is 0. The van der Waals surface area contributed by atoms with Gasteiger partial charge >= 0.3 is 0 Å². The molecule has 0 heteroatoms. The fourth-order valence-electron chi connectivity index (χ4n) is 3.43. The molecule has 0 saturated carbocycles. The molecule has 0 aliphatic rings. The second-order valence-corrected chi connectivity index (χ2v) is 7.04. The van der Waals surface area contributed by atoms with Crippen molar-refractivity contribution in [2.45, 2.75) is 77.0 Å². The van der Waals surface area contributed by atoms with Gasteiger partial charge in [-0.25, -0.2) is 0 Å². The standard InChI is InChI=1S/C24H34/c1-2-3-4-5-6-7-8-9-10-11-12-13-16-22-19-20-23-17-14-15-18-24(23)21-22/h2,14-15,17-21H,1,3-13,16H2. The minimum atomic E-state index is 1.19. The molecule has 0 N–H and O–H groups in total. The molecule has 24 heavy (non-hydrogen) atoms. The summed E-state index contributed by atoms with van der Waals surface area (Å²) < 4.78 is 0. The number of allylic oxidation sites excluding steroid dienone is 1. The third-order valence-electron chi connectivity index (χ3n) is 4.94. The van der Waals surface area contributed by atoms with Gasteiger partial charge in [0, 0.05) is 0 Å². The Bertz CT molecular complexity index is 581. The van der Waals surface area contributed by atoms with E-state index in [1.807, 2.05) is 6.08 Å². The Hall–Kier alpha value is -1.56. The number of rotatable bonds is 13. The normalized spacial score (nSPS) is 11.0. The SMILES string of the molecule is C=CCCCCCCCCCCCCc1ccc2ccccc2c1. The van der Waals surface area contributed by atoms with Crippen LogP contribution in [-0.2, 0) is 6.42 Å². The van der Waals surface area contributed by atoms with E-state index in [1.165, 1.54) is 93.4 Å². The lowest BCUT2D eigenvalue weighted by atomic mass is 10.0. The van der Waals surface area contributed by atoms with Gasteiger partial charge in [0.25, 0.3) is 0 Å². The molecule has 2 aromatic rings. The molecule has 0 fully saturated rings. The van der Waals surface area contributed by atoms with Gasteiger partial charge in [-0.3, -0.25) is 0 Å². The number of aryl methyl sites for hydroxylation is 1. The lowest BCUT2D eigenvalue weighted by molar-refractivity contribution is 0.552. The Morgan fingerprint density at radius 3 is 1.88 bits per heavy atom. The molecule has 0 aromatic heterocycles. The van der Waals surface area contributed by atoms with Gasteiger partial charge < -0.3 is 0 Å². The van der Waals surface area contributed by atoms with E-state index in [2.05, 4.69) is 49.0 Å². The molecule has 0 amide bonds. The van der Waals surface area contributed by atoms with Gasteiger partial charge in [-0.15, -0.1) is 6.58 Å². The highest BCUT2D eigenvalue weighted by Crippen LogP contribution is 2.18. The van der Waals surface area contributed by atoms with Gasteiger partial charge in [0.2, 0.25) is 0 Å². The zero-order valence-corrected chi connectivity index (χ0v) is 15.3. The summed E-state index contributed by atoms with van der Waals surface area (Å²) in [5, 5.41) is 2.73. The van der Waals surface area contributed by atoms with Crippen molar-refractivity contribution in [3.8, 4) is 0 Å². The maximum atomic E-state index is 3.78. The minimum Gasteiger partial charge on any atom is -0.103 e. The third kappa shape index (κ3) is 7.34. The van der Waals surface area contributed by atoms with Crippen LogP contribution in [0.3, 0.4) is 0 Å². The Morgan fingerprint density at radius 1 is 0.625 bits per heavy atom. The smallest absolute Gasteiger partial charge is 0.0181 e. The van der Waals surface area contributed by atoms with Crippen molar-refractivity contribution in [3.05, 3.63) is 60.7 Å². The van der Waals surface area contributed by atoms with Crippen LogP contribution in [0.1, 0.15) is 76.2 Å². The Morgan fingerprint density at radius 2 is 1.21 bits per heavy atom. The van der Waals surface area contributed by atoms with Gasteiger partial charge in [0.15, 0.2) is 0 Å². The van der Waals surface area contributed by atoms with Crippen LogP contribution in [0.5, 0.6) is 0 Å². The number of hydrogen-bond donors (Lipinski definition) is 0. The van der Waals surface area contributed by atoms with Crippen molar-refractivity contribution in [2.24, 2.45) is 0 Å². The molecular weight excluding hydrogens is 288 g/mol. The van der Waals surface area contributed by atoms with Crippen molar-refractivity contribution in [2.75, 3.05) is 0 Å². The molecule has 0 spiro atoms. The summed E-state index contributed by atoms with van der Waals surface area (Å²) in [7, 11) is 0. The molecule has 0 aliphatic carbocycles. The zero-order valence-electron chi connectivity index (χ0n) is 15.3. The number of fused-ring (bicyclic) bond motifs is 1. The highest BCUT2D eigenvalue weighted by molar-refractivity contribution is 5.82. The predicted octanol–water partition coefficient (Wildman–Crippen LogP) is 7.86. The summed E-state index contributed by atoms with van der Waals surface area (Å²) in [5.41, 5.74) is 1.49. The van der Waals surface area contributed by atoms with Crippen LogP contribution in [0.25, 0.3) is 10.8 Å². The molecule has 0 heterocycles. The first-order valence-electron chi connectivity index (χ1n) is 9.99. The van der Waals surface area contributed by atoms with Gasteiger partial charge in [-0.05, 0) is 42.0 Å². The maximum absolute atomic E-state index is 3.78. The highest BCUT2D eigenvalue weighted by atomic mass is 14.0. The number of unbranched alkanes of at least 4 members (excludes halogenated alkanes) is 10. The fraction of sp³-hybridized carbons (Fsp3) is 0.500. The Kier molecular flexibility index (Phi) is 9.31. The Labute approximate surface area is 149 Å². The van der Waals surface area contributed by atoms with E-state index in [-0.39, 0.29) is 0 Å². The first-order chi connectivity index (χ1) is 11.9. The molecule has 0 saturated heterocycles. The van der Waals surface area contributed by atoms with Crippen molar-refractivity contribution in [1.82, 2.24) is 0 Å². The Balaban J connectivity index is 1.47. The van der Waals surface area contributed by atoms with Gasteiger partial charge in [-0.1, -0.05) is 99.9 Å². The van der Waals surface area contributed by atoms with E-state index in [1.54, 1.807) is 0 Å². The van der Waals surface area contributed by atoms with Gasteiger partial charge in [0.05, 0.1) is 0 Å². The molecule has 0 aliphatic heterocycles. The van der Waals surface area contributed by atoms with E-state index >= 15 is 0 Å². The molecule has 130 valence electrons. The predicted molar refractivity (Wildman–Crippen MR) is 109 cm³/mol. The maximum Gasteiger partial charge on any atom is -0.0181 e. The average molecular weight is 323 g/mol. The average Bonchev–Trinajstić information content (AvgIpc) is 2.62. The highest BCUT2D eigenvalue weighted by Gasteiger charge is 1.97. The fourth-order valence-corrected chi connectivity index (χ4v) is 3.43. The monoisotopic (exact) mass is 322 g/mol. The van der Waals surface area contributed by atoms with E-state index in [0.29, 0.717) is 0 Å². The number of hydrogen-bond acceptors (Lipinski definition) is 0. The van der Waals surface area contributed by atoms with Crippen molar-refractivity contribution in [1.29, 1.82) is 0 Å². The molecule has 0 unspecified atom stereocenters. The summed E-state index contributed by atoms with van der Waals surface area (Å²) in [6, 6.07) is 15.6. The van der Waals surface area contributed by atoms with Crippen molar-refractivity contribution in [3.63, 3.8) is 0 Å². The first kappa shape index (κ1) is 18.8. The van der Waals surface area contributed by atoms with E-state index in [9.17, 15) is 0 Å². The molecule has 2 rings (SSSR count). The van der Waals surface area contributed by atoms with Crippen molar-refractivity contribution >= 4 is 10.8 Å². The summed E-state index contributed by atoms with van der Waals surface area (Å²) in [4.78, 5) is 0. The zero-order chi connectivity index (χ0) is 16.9. The lowest BCUT2D eigenvalue weighted by Gasteiger charge is -2.05. The lowest BCUT2D eigenvalue weighted by Crippen LogP contribution is -1.87. The topological polar surface area (TPSA) is 0 Å². The quantitative estimate of drug-likeness (QED) is 0.260. The van der Waals surface area contributed by atoms with E-state index in [4.69, 9.17) is 0 Å². The van der Waals surface area contributed by atoms with Crippen LogP contribution in [0.4, 0.5) is 0 Å². The van der Waals surface area contributed by atoms with Gasteiger partial charge in [0.1, 0.15) is 0 Å². The van der Waals surface area contributed by atoms with Crippen LogP contribution in [0, 0.1) is 0 Å². The minimum absolute atomic E-state index is 1.19. The van der Waals surface area contributed by atoms with E-state index in [0.717, 1.165) is 0 Å². The molecule has 0 radical (unpaired) electrons. The van der Waals surface area contributed by atoms with Crippen LogP contribution in [0.2, 0.25) is 0 Å². The van der Waals surface area contributed by atoms with Crippen LogP contribution in [-0.4, -0.2) is 0 Å². The van der Waals surface area contributed by atoms with Crippen molar-refractivity contribution < 1.29 is 0 Å². The second-order valence-electron chi connectivity index (χ2n) is 7.04. The van der Waals surface area contributed by atoms with Gasteiger partial charge in [-0.2, -0.15) is 0 Å². The molecule has 2 aromatic carbocycles. The largest absolute Gasteiger partial charge is 0.103 e. The van der Waals surface area contributed by atoms with E-state index < -0.39 is 0 Å². The third-order valence-corrected chi connectivity index (χ3v) is 4.94.